The molecule has 0 saturated carbocycles. The van der Waals surface area contributed by atoms with Gasteiger partial charge in [0, 0.05) is 37.4 Å². The van der Waals surface area contributed by atoms with Gasteiger partial charge in [0.05, 0.1) is 6.20 Å². The van der Waals surface area contributed by atoms with Crippen LogP contribution >= 0.6 is 0 Å². The van der Waals surface area contributed by atoms with Crippen LogP contribution in [0.2, 0.25) is 0 Å². The Morgan fingerprint density at radius 1 is 1.35 bits per heavy atom. The highest BCUT2D eigenvalue weighted by atomic mass is 15.3. The fraction of sp³-hybridized carbons (Fsp3) is 0.769. The number of likely N-dealkylation sites (N-methyl/N-ethyl adjacent to an activating group) is 1. The van der Waals surface area contributed by atoms with Crippen molar-refractivity contribution in [2.75, 3.05) is 19.6 Å². The van der Waals surface area contributed by atoms with Gasteiger partial charge >= 0.3 is 0 Å². The van der Waals surface area contributed by atoms with Crippen LogP contribution in [0, 0.1) is 0 Å². The zero-order chi connectivity index (χ0) is 12.7. The Bertz CT molecular complexity index is 304. The van der Waals surface area contributed by atoms with Gasteiger partial charge in [-0.15, -0.1) is 0 Å². The number of rotatable bonds is 8. The molecule has 1 aromatic rings. The Balaban J connectivity index is 2.29. The fourth-order valence-corrected chi connectivity index (χ4v) is 1.90. The number of hydrogen-bond donors (Lipinski definition) is 1. The zero-order valence-corrected chi connectivity index (χ0v) is 11.6. The van der Waals surface area contributed by atoms with Crippen molar-refractivity contribution in [2.24, 2.45) is 0 Å². The minimum Gasteiger partial charge on any atom is -0.309 e. The molecule has 4 nitrogen and oxygen atoms in total. The Morgan fingerprint density at radius 2 is 2.06 bits per heavy atom. The summed E-state index contributed by atoms with van der Waals surface area (Å²) in [6.45, 7) is 14.0. The molecule has 98 valence electrons. The number of nitrogens with one attached hydrogen (secondary N) is 1. The second kappa shape index (κ2) is 7.45. The van der Waals surface area contributed by atoms with Gasteiger partial charge in [0.15, 0.2) is 0 Å². The maximum absolute atomic E-state index is 4.27. The average Bonchev–Trinajstić information content (AvgIpc) is 2.81. The Hall–Kier alpha value is -0.870. The lowest BCUT2D eigenvalue weighted by Crippen LogP contribution is -2.38. The molecule has 0 fully saturated rings. The van der Waals surface area contributed by atoms with Crippen molar-refractivity contribution in [3.8, 4) is 0 Å². The third-order valence-electron chi connectivity index (χ3n) is 3.09. The maximum atomic E-state index is 4.27. The van der Waals surface area contributed by atoms with Crippen molar-refractivity contribution in [1.82, 2.24) is 20.0 Å². The lowest BCUT2D eigenvalue weighted by molar-refractivity contribution is 0.270. The van der Waals surface area contributed by atoms with E-state index in [1.54, 1.807) is 0 Å². The van der Waals surface area contributed by atoms with E-state index in [0.717, 1.165) is 32.7 Å². The van der Waals surface area contributed by atoms with Crippen molar-refractivity contribution in [3.63, 3.8) is 0 Å². The fourth-order valence-electron chi connectivity index (χ4n) is 1.90. The van der Waals surface area contributed by atoms with Gasteiger partial charge < -0.3 is 10.2 Å². The van der Waals surface area contributed by atoms with Gasteiger partial charge in [-0.2, -0.15) is 5.10 Å². The lowest BCUT2D eigenvalue weighted by atomic mass is 10.2. The Morgan fingerprint density at radius 3 is 2.59 bits per heavy atom. The monoisotopic (exact) mass is 238 g/mol. The van der Waals surface area contributed by atoms with E-state index in [9.17, 15) is 0 Å². The van der Waals surface area contributed by atoms with E-state index in [-0.39, 0.29) is 0 Å². The number of nitrogens with zero attached hydrogens (tertiary/aromatic N) is 3. The second-order valence-electron chi connectivity index (χ2n) is 4.47. The van der Waals surface area contributed by atoms with Crippen LogP contribution in [0.1, 0.15) is 33.3 Å². The van der Waals surface area contributed by atoms with Crippen molar-refractivity contribution in [2.45, 2.75) is 46.8 Å². The van der Waals surface area contributed by atoms with Gasteiger partial charge in [-0.25, -0.2) is 0 Å². The molecule has 1 N–H and O–H groups in total. The summed E-state index contributed by atoms with van der Waals surface area (Å²) in [4.78, 5) is 2.44. The van der Waals surface area contributed by atoms with Gasteiger partial charge in [-0.3, -0.25) is 4.68 Å². The summed E-state index contributed by atoms with van der Waals surface area (Å²) < 4.78 is 1.96. The van der Waals surface area contributed by atoms with E-state index in [0.29, 0.717) is 6.04 Å². The van der Waals surface area contributed by atoms with E-state index in [1.165, 1.54) is 5.56 Å². The number of hydrogen-bond acceptors (Lipinski definition) is 3. The molecule has 1 heterocycles. The minimum atomic E-state index is 0.514. The number of aromatic nitrogens is 2. The molecular weight excluding hydrogens is 212 g/mol. The van der Waals surface area contributed by atoms with E-state index in [4.69, 9.17) is 0 Å². The van der Waals surface area contributed by atoms with Crippen LogP contribution < -0.4 is 5.32 Å². The molecule has 0 aliphatic rings. The topological polar surface area (TPSA) is 33.1 Å². The molecule has 1 rings (SSSR count). The normalized spacial score (nSPS) is 13.2. The molecule has 0 aliphatic heterocycles. The summed E-state index contributed by atoms with van der Waals surface area (Å²) in [7, 11) is 0. The molecule has 0 radical (unpaired) electrons. The van der Waals surface area contributed by atoms with Crippen LogP contribution in [0.25, 0.3) is 0 Å². The van der Waals surface area contributed by atoms with Crippen LogP contribution in [-0.2, 0) is 13.1 Å². The van der Waals surface area contributed by atoms with Crippen LogP contribution in [0.15, 0.2) is 12.4 Å². The molecule has 17 heavy (non-hydrogen) atoms. The highest BCUT2D eigenvalue weighted by Gasteiger charge is 2.06. The first kappa shape index (κ1) is 14.2. The predicted molar refractivity (Wildman–Crippen MR) is 72.0 cm³/mol. The van der Waals surface area contributed by atoms with Gasteiger partial charge in [-0.1, -0.05) is 13.8 Å². The molecule has 0 bridgehead atoms. The SMILES string of the molecule is CCN(CC)CC(C)NCc1cnn(CC)c1. The number of aryl methyl sites for hydroxylation is 1. The molecule has 0 aromatic carbocycles. The van der Waals surface area contributed by atoms with E-state index in [1.807, 2.05) is 10.9 Å². The maximum Gasteiger partial charge on any atom is 0.0534 e. The first-order valence-electron chi connectivity index (χ1n) is 6.66. The molecule has 0 aliphatic carbocycles. The summed E-state index contributed by atoms with van der Waals surface area (Å²) in [6, 6.07) is 0.514. The predicted octanol–water partition coefficient (Wildman–Crippen LogP) is 1.72. The first-order valence-corrected chi connectivity index (χ1v) is 6.66. The third kappa shape index (κ3) is 4.88. The summed E-state index contributed by atoms with van der Waals surface area (Å²) >= 11 is 0. The van der Waals surface area contributed by atoms with Crippen LogP contribution in [0.3, 0.4) is 0 Å². The lowest BCUT2D eigenvalue weighted by Gasteiger charge is -2.23. The van der Waals surface area contributed by atoms with Crippen molar-refractivity contribution in [3.05, 3.63) is 18.0 Å². The van der Waals surface area contributed by atoms with Crippen LogP contribution in [0.5, 0.6) is 0 Å². The molecule has 0 saturated heterocycles. The average molecular weight is 238 g/mol. The molecular formula is C13H26N4. The van der Waals surface area contributed by atoms with E-state index >= 15 is 0 Å². The summed E-state index contributed by atoms with van der Waals surface area (Å²) in [5, 5.41) is 7.81. The van der Waals surface area contributed by atoms with Crippen molar-refractivity contribution >= 4 is 0 Å². The molecule has 1 unspecified atom stereocenters. The highest BCUT2D eigenvalue weighted by molar-refractivity contribution is 5.03. The second-order valence-corrected chi connectivity index (χ2v) is 4.47. The zero-order valence-electron chi connectivity index (χ0n) is 11.6. The van der Waals surface area contributed by atoms with Gasteiger partial charge in [0.25, 0.3) is 0 Å². The quantitative estimate of drug-likeness (QED) is 0.748. The van der Waals surface area contributed by atoms with Crippen molar-refractivity contribution < 1.29 is 0 Å². The van der Waals surface area contributed by atoms with Gasteiger partial charge in [-0.05, 0) is 26.9 Å². The summed E-state index contributed by atoms with van der Waals surface area (Å²) in [6.07, 6.45) is 4.05. The Kier molecular flexibility index (Phi) is 6.22. The molecule has 0 spiro atoms. The van der Waals surface area contributed by atoms with Crippen molar-refractivity contribution in [1.29, 1.82) is 0 Å². The minimum absolute atomic E-state index is 0.514. The molecule has 1 atom stereocenters. The molecule has 1 aromatic heterocycles. The molecule has 0 amide bonds. The van der Waals surface area contributed by atoms with E-state index in [2.05, 4.69) is 49.2 Å². The molecule has 4 heteroatoms. The smallest absolute Gasteiger partial charge is 0.0534 e. The first-order chi connectivity index (χ1) is 8.19. The standard InChI is InChI=1S/C13H26N4/c1-5-16(6-2)10-12(4)14-8-13-9-15-17(7-3)11-13/h9,11-12,14H,5-8,10H2,1-4H3. The largest absolute Gasteiger partial charge is 0.309 e. The van der Waals surface area contributed by atoms with Gasteiger partial charge in [0.1, 0.15) is 0 Å². The van der Waals surface area contributed by atoms with Crippen LogP contribution in [0.4, 0.5) is 0 Å². The third-order valence-corrected chi connectivity index (χ3v) is 3.09. The van der Waals surface area contributed by atoms with Gasteiger partial charge in [0.2, 0.25) is 0 Å². The Labute approximate surface area is 105 Å². The summed E-state index contributed by atoms with van der Waals surface area (Å²) in [5.74, 6) is 0. The van der Waals surface area contributed by atoms with E-state index < -0.39 is 0 Å². The summed E-state index contributed by atoms with van der Waals surface area (Å²) in [5.41, 5.74) is 1.26. The highest BCUT2D eigenvalue weighted by Crippen LogP contribution is 1.99. The van der Waals surface area contributed by atoms with Crippen LogP contribution in [-0.4, -0.2) is 40.4 Å².